The number of H-pyrrole nitrogens is 1. The van der Waals surface area contributed by atoms with E-state index in [0.717, 1.165) is 27.2 Å². The number of benzene rings is 2. The topological polar surface area (TPSA) is 84.9 Å². The van der Waals surface area contributed by atoms with Crippen LogP contribution in [0.3, 0.4) is 0 Å². The summed E-state index contributed by atoms with van der Waals surface area (Å²) in [6.45, 7) is 0.831. The zero-order chi connectivity index (χ0) is 21.2. The van der Waals surface area contributed by atoms with Crippen LogP contribution in [-0.2, 0) is 4.74 Å². The summed E-state index contributed by atoms with van der Waals surface area (Å²) in [5.74, 6) is 1.33. The number of rotatable bonds is 7. The zero-order valence-electron chi connectivity index (χ0n) is 16.6. The smallest absolute Gasteiger partial charge is 0.163 e. The number of thiophene rings is 1. The summed E-state index contributed by atoms with van der Waals surface area (Å²) in [5.41, 5.74) is 1.86. The highest BCUT2D eigenvalue weighted by molar-refractivity contribution is 7.09. The lowest BCUT2D eigenvalue weighted by Gasteiger charge is -2.13. The van der Waals surface area contributed by atoms with E-state index in [-0.39, 0.29) is 5.69 Å². The molecule has 156 valence electrons. The summed E-state index contributed by atoms with van der Waals surface area (Å²) in [6.07, 6.45) is 1.53. The van der Waals surface area contributed by atoms with E-state index in [9.17, 15) is 4.39 Å². The lowest BCUT2D eigenvalue weighted by Crippen LogP contribution is -2.05. The minimum atomic E-state index is -0.395. The van der Waals surface area contributed by atoms with Crippen molar-refractivity contribution in [1.82, 2.24) is 20.2 Å². The first-order chi connectivity index (χ1) is 15.2. The van der Waals surface area contributed by atoms with Gasteiger partial charge in [-0.2, -0.15) is 11.3 Å². The highest BCUT2D eigenvalue weighted by Crippen LogP contribution is 2.37. The van der Waals surface area contributed by atoms with Crippen LogP contribution in [-0.4, -0.2) is 40.5 Å². The third-order valence-corrected chi connectivity index (χ3v) is 5.63. The Labute approximate surface area is 180 Å². The van der Waals surface area contributed by atoms with Crippen LogP contribution in [0, 0.1) is 5.82 Å². The van der Waals surface area contributed by atoms with Crippen molar-refractivity contribution in [3.8, 4) is 17.1 Å². The molecule has 0 atom stereocenters. The van der Waals surface area contributed by atoms with Crippen molar-refractivity contribution >= 4 is 44.5 Å². The second kappa shape index (κ2) is 8.29. The molecule has 3 aromatic heterocycles. The van der Waals surface area contributed by atoms with Gasteiger partial charge in [-0.05, 0) is 23.6 Å². The summed E-state index contributed by atoms with van der Waals surface area (Å²) in [6, 6.07) is 10.5. The average Bonchev–Trinajstić information content (AvgIpc) is 3.48. The van der Waals surface area contributed by atoms with Gasteiger partial charge < -0.3 is 19.8 Å². The van der Waals surface area contributed by atoms with E-state index in [1.807, 2.05) is 23.6 Å². The maximum absolute atomic E-state index is 14.6. The van der Waals surface area contributed by atoms with Crippen molar-refractivity contribution in [2.75, 3.05) is 25.6 Å². The molecule has 0 bridgehead atoms. The number of ether oxygens (including phenoxy) is 2. The monoisotopic (exact) mass is 435 g/mol. The first-order valence-electron chi connectivity index (χ1n) is 9.58. The molecule has 0 radical (unpaired) electrons. The summed E-state index contributed by atoms with van der Waals surface area (Å²) < 4.78 is 25.2. The van der Waals surface area contributed by atoms with Gasteiger partial charge in [0.05, 0.1) is 17.8 Å². The molecule has 9 heteroatoms. The summed E-state index contributed by atoms with van der Waals surface area (Å²) >= 11 is 1.57. The van der Waals surface area contributed by atoms with E-state index in [4.69, 9.17) is 14.5 Å². The zero-order valence-corrected chi connectivity index (χ0v) is 17.4. The van der Waals surface area contributed by atoms with E-state index in [2.05, 4.69) is 25.9 Å². The number of hydrogen-bond donors (Lipinski definition) is 2. The van der Waals surface area contributed by atoms with Crippen molar-refractivity contribution in [3.05, 3.63) is 59.3 Å². The molecule has 2 N–H and O–H groups in total. The number of para-hydroxylation sites is 1. The van der Waals surface area contributed by atoms with Gasteiger partial charge in [0.1, 0.15) is 30.3 Å². The molecule has 31 heavy (non-hydrogen) atoms. The van der Waals surface area contributed by atoms with Gasteiger partial charge in [-0.3, -0.25) is 0 Å². The van der Waals surface area contributed by atoms with E-state index in [1.165, 1.54) is 12.4 Å². The molecule has 7 nitrogen and oxygen atoms in total. The first-order valence-corrected chi connectivity index (χ1v) is 10.5. The molecule has 0 aliphatic rings. The molecular formula is C22H18FN5O2S. The van der Waals surface area contributed by atoms with E-state index < -0.39 is 5.82 Å². The number of fused-ring (bicyclic) bond motifs is 3. The highest BCUT2D eigenvalue weighted by Gasteiger charge is 2.16. The highest BCUT2D eigenvalue weighted by atomic mass is 32.1. The molecule has 0 spiro atoms. The number of aromatic amines is 1. The fourth-order valence-corrected chi connectivity index (χ4v) is 4.26. The molecule has 0 unspecified atom stereocenters. The van der Waals surface area contributed by atoms with Crippen LogP contribution in [0.1, 0.15) is 0 Å². The Morgan fingerprint density at radius 2 is 2.00 bits per heavy atom. The van der Waals surface area contributed by atoms with Gasteiger partial charge in [0, 0.05) is 40.3 Å². The number of nitrogens with zero attached hydrogens (tertiary/aromatic N) is 3. The molecule has 0 amide bonds. The third kappa shape index (κ3) is 3.69. The molecule has 2 aromatic carbocycles. The average molecular weight is 435 g/mol. The van der Waals surface area contributed by atoms with Crippen molar-refractivity contribution in [2.24, 2.45) is 0 Å². The third-order valence-electron chi connectivity index (χ3n) is 4.89. The van der Waals surface area contributed by atoms with Crippen molar-refractivity contribution in [2.45, 2.75) is 0 Å². The van der Waals surface area contributed by atoms with Crippen LogP contribution in [0.5, 0.6) is 5.75 Å². The van der Waals surface area contributed by atoms with Crippen LogP contribution in [0.15, 0.2) is 53.5 Å². The first kappa shape index (κ1) is 19.4. The molecule has 0 saturated carbocycles. The quantitative estimate of drug-likeness (QED) is 0.344. The second-order valence-corrected chi connectivity index (χ2v) is 7.55. The van der Waals surface area contributed by atoms with E-state index in [1.54, 1.807) is 30.6 Å². The molecule has 5 rings (SSSR count). The number of pyridine rings is 1. The van der Waals surface area contributed by atoms with Crippen molar-refractivity contribution < 1.29 is 13.9 Å². The predicted octanol–water partition coefficient (Wildman–Crippen LogP) is 5.14. The molecular weight excluding hydrogens is 417 g/mol. The number of aromatic nitrogens is 4. The van der Waals surface area contributed by atoms with Crippen LogP contribution >= 0.6 is 11.3 Å². The Balaban J connectivity index is 1.61. The maximum atomic E-state index is 14.6. The summed E-state index contributed by atoms with van der Waals surface area (Å²) in [5, 5.41) is 18.2. The van der Waals surface area contributed by atoms with Gasteiger partial charge in [-0.15, -0.1) is 10.2 Å². The van der Waals surface area contributed by atoms with Gasteiger partial charge in [0.15, 0.2) is 5.82 Å². The predicted molar refractivity (Wildman–Crippen MR) is 120 cm³/mol. The standard InChI is InChI=1S/C22H18FN5O2S/c1-29-7-8-30-13-5-6-18(23)19(9-13)26-22-17-11-31-10-16(17)14-3-2-4-15(20(14)27-22)21-24-12-25-28-21/h2-6,9-12H,7-8H2,1H3,(H,26,27)(H,24,25,28). The molecule has 0 aliphatic heterocycles. The molecule has 0 saturated heterocycles. The molecule has 3 heterocycles. The van der Waals surface area contributed by atoms with Crippen molar-refractivity contribution in [1.29, 1.82) is 0 Å². The van der Waals surface area contributed by atoms with E-state index in [0.29, 0.717) is 30.6 Å². The largest absolute Gasteiger partial charge is 0.491 e. The summed E-state index contributed by atoms with van der Waals surface area (Å²) in [4.78, 5) is 7.88. The van der Waals surface area contributed by atoms with Gasteiger partial charge in [-0.1, -0.05) is 12.1 Å². The Morgan fingerprint density at radius 3 is 2.84 bits per heavy atom. The number of nitrogens with one attached hydrogen (secondary N) is 2. The Bertz CT molecular complexity index is 1350. The number of anilines is 2. The Morgan fingerprint density at radius 1 is 1.10 bits per heavy atom. The van der Waals surface area contributed by atoms with Gasteiger partial charge >= 0.3 is 0 Å². The molecule has 0 fully saturated rings. The molecule has 0 aliphatic carbocycles. The van der Waals surface area contributed by atoms with Crippen LogP contribution < -0.4 is 10.1 Å². The van der Waals surface area contributed by atoms with Crippen LogP contribution in [0.25, 0.3) is 33.1 Å². The minimum Gasteiger partial charge on any atom is -0.491 e. The summed E-state index contributed by atoms with van der Waals surface area (Å²) in [7, 11) is 1.60. The number of hydrogen-bond acceptors (Lipinski definition) is 7. The lowest BCUT2D eigenvalue weighted by atomic mass is 10.1. The fourth-order valence-electron chi connectivity index (χ4n) is 3.43. The molecule has 5 aromatic rings. The number of halogens is 1. The van der Waals surface area contributed by atoms with Crippen LogP contribution in [0.2, 0.25) is 0 Å². The van der Waals surface area contributed by atoms with Crippen molar-refractivity contribution in [3.63, 3.8) is 0 Å². The fraction of sp³-hybridized carbons (Fsp3) is 0.136. The SMILES string of the molecule is COCCOc1ccc(F)c(Nc2nc3c(-c4nnc[nH]4)cccc3c3cscc23)c1. The maximum Gasteiger partial charge on any atom is 0.163 e. The van der Waals surface area contributed by atoms with Gasteiger partial charge in [0.25, 0.3) is 0 Å². The Hall–Kier alpha value is -3.56. The van der Waals surface area contributed by atoms with Gasteiger partial charge in [0.2, 0.25) is 0 Å². The minimum absolute atomic E-state index is 0.284. The normalized spacial score (nSPS) is 11.3. The van der Waals surface area contributed by atoms with Crippen LogP contribution in [0.4, 0.5) is 15.9 Å². The van der Waals surface area contributed by atoms with Gasteiger partial charge in [-0.25, -0.2) is 9.37 Å². The lowest BCUT2D eigenvalue weighted by molar-refractivity contribution is 0.146. The second-order valence-electron chi connectivity index (χ2n) is 6.81. The Kier molecular flexibility index (Phi) is 5.19. The number of methoxy groups -OCH3 is 1. The van der Waals surface area contributed by atoms with E-state index >= 15 is 0 Å².